The molecule has 7 nitrogen and oxygen atoms in total. The summed E-state index contributed by atoms with van der Waals surface area (Å²) in [6.45, 7) is 10.1. The monoisotopic (exact) mass is 493 g/mol. The number of carbonyl (C=O) groups excluding carboxylic acids is 1. The number of methoxy groups -OCH3 is 1. The number of benzene rings is 2. The highest BCUT2D eigenvalue weighted by Crippen LogP contribution is 2.28. The Balaban J connectivity index is 1.31. The molecule has 35 heavy (non-hydrogen) atoms. The van der Waals surface area contributed by atoms with Crippen LogP contribution in [0.4, 0.5) is 10.8 Å². The average molecular weight is 494 g/mol. The van der Waals surface area contributed by atoms with Crippen LogP contribution in [-0.2, 0) is 11.2 Å². The van der Waals surface area contributed by atoms with E-state index in [4.69, 9.17) is 9.72 Å². The molecule has 0 N–H and O–H groups in total. The van der Waals surface area contributed by atoms with Crippen LogP contribution < -0.4 is 14.5 Å². The minimum atomic E-state index is 0.194. The summed E-state index contributed by atoms with van der Waals surface area (Å²) in [5.74, 6) is 1.90. The molecule has 4 rings (SSSR count). The second-order valence-electron chi connectivity index (χ2n) is 9.23. The summed E-state index contributed by atoms with van der Waals surface area (Å²) in [6, 6.07) is 16.8. The molecule has 0 aliphatic carbocycles. The van der Waals surface area contributed by atoms with Gasteiger partial charge in [0.1, 0.15) is 11.6 Å². The number of carbonyl (C=O) groups is 1. The Morgan fingerprint density at radius 2 is 1.80 bits per heavy atom. The van der Waals surface area contributed by atoms with E-state index in [2.05, 4.69) is 65.3 Å². The minimum absolute atomic E-state index is 0.194. The zero-order chi connectivity index (χ0) is 24.8. The van der Waals surface area contributed by atoms with Crippen LogP contribution in [0.5, 0.6) is 5.75 Å². The lowest BCUT2D eigenvalue weighted by Gasteiger charge is -2.37. The molecule has 1 aliphatic rings. The summed E-state index contributed by atoms with van der Waals surface area (Å²) in [7, 11) is 1.70. The second kappa shape index (κ2) is 11.5. The van der Waals surface area contributed by atoms with Crippen LogP contribution in [-0.4, -0.2) is 66.0 Å². The van der Waals surface area contributed by atoms with E-state index in [0.717, 1.165) is 55.0 Å². The third-order valence-corrected chi connectivity index (χ3v) is 7.23. The predicted octanol–water partition coefficient (Wildman–Crippen LogP) is 4.40. The minimum Gasteiger partial charge on any atom is -0.495 e. The standard InChI is InChI=1S/C27H35N5O2S/c1-20(2)32(27-28-25(29-35-27)19-22-11-9-21(3)10-12-22)14-13-26(33)31-17-15-30(16-18-31)23-7-5-6-8-24(23)34-4/h5-12,20H,13-19H2,1-4H3. The highest BCUT2D eigenvalue weighted by atomic mass is 32.1. The normalized spacial score (nSPS) is 13.9. The van der Waals surface area contributed by atoms with Crippen molar-refractivity contribution in [3.8, 4) is 5.75 Å². The first kappa shape index (κ1) is 25.0. The van der Waals surface area contributed by atoms with Gasteiger partial charge in [0.15, 0.2) is 0 Å². The molecule has 0 atom stereocenters. The highest BCUT2D eigenvalue weighted by Gasteiger charge is 2.24. The number of hydrogen-bond acceptors (Lipinski definition) is 7. The summed E-state index contributed by atoms with van der Waals surface area (Å²) >= 11 is 1.42. The molecular formula is C27H35N5O2S. The number of hydrogen-bond donors (Lipinski definition) is 0. The van der Waals surface area contributed by atoms with Gasteiger partial charge in [0.05, 0.1) is 12.8 Å². The zero-order valence-corrected chi connectivity index (χ0v) is 21.9. The van der Waals surface area contributed by atoms with Gasteiger partial charge >= 0.3 is 0 Å². The van der Waals surface area contributed by atoms with Gasteiger partial charge in [-0.05, 0) is 38.5 Å². The number of para-hydroxylation sites is 2. The SMILES string of the molecule is COc1ccccc1N1CCN(C(=O)CCN(c2nc(Cc3ccc(C)cc3)ns2)C(C)C)CC1. The summed E-state index contributed by atoms with van der Waals surface area (Å²) in [4.78, 5) is 24.3. The molecule has 1 aromatic heterocycles. The first-order valence-corrected chi connectivity index (χ1v) is 13.0. The maximum Gasteiger partial charge on any atom is 0.224 e. The summed E-state index contributed by atoms with van der Waals surface area (Å²) in [5, 5.41) is 0.885. The van der Waals surface area contributed by atoms with Crippen LogP contribution in [0.2, 0.25) is 0 Å². The molecule has 2 aromatic carbocycles. The summed E-state index contributed by atoms with van der Waals surface area (Å²) in [6.07, 6.45) is 1.19. The average Bonchev–Trinajstić information content (AvgIpc) is 3.33. The van der Waals surface area contributed by atoms with Crippen molar-refractivity contribution in [1.29, 1.82) is 0 Å². The van der Waals surface area contributed by atoms with Crippen molar-refractivity contribution in [2.45, 2.75) is 39.7 Å². The number of aryl methyl sites for hydroxylation is 1. The summed E-state index contributed by atoms with van der Waals surface area (Å²) < 4.78 is 10.1. The van der Waals surface area contributed by atoms with Crippen molar-refractivity contribution in [1.82, 2.24) is 14.3 Å². The van der Waals surface area contributed by atoms with E-state index in [9.17, 15) is 4.79 Å². The predicted molar refractivity (Wildman–Crippen MR) is 143 cm³/mol. The van der Waals surface area contributed by atoms with Crippen molar-refractivity contribution in [2.75, 3.05) is 49.6 Å². The Hall–Kier alpha value is -3.13. The molecular weight excluding hydrogens is 458 g/mol. The lowest BCUT2D eigenvalue weighted by molar-refractivity contribution is -0.131. The van der Waals surface area contributed by atoms with E-state index < -0.39 is 0 Å². The third kappa shape index (κ3) is 6.31. The van der Waals surface area contributed by atoms with Crippen LogP contribution in [0, 0.1) is 6.92 Å². The van der Waals surface area contributed by atoms with Crippen LogP contribution in [0.3, 0.4) is 0 Å². The molecule has 2 heterocycles. The number of ether oxygens (including phenoxy) is 1. The molecule has 0 radical (unpaired) electrons. The van der Waals surface area contributed by atoms with Gasteiger partial charge in [-0.1, -0.05) is 42.0 Å². The van der Waals surface area contributed by atoms with Gasteiger partial charge in [0, 0.05) is 63.1 Å². The van der Waals surface area contributed by atoms with E-state index >= 15 is 0 Å². The van der Waals surface area contributed by atoms with Gasteiger partial charge in [-0.25, -0.2) is 4.98 Å². The van der Waals surface area contributed by atoms with Crippen LogP contribution >= 0.6 is 11.5 Å². The van der Waals surface area contributed by atoms with E-state index in [-0.39, 0.29) is 11.9 Å². The Labute approximate surface area is 212 Å². The van der Waals surface area contributed by atoms with Gasteiger partial charge in [-0.15, -0.1) is 0 Å². The van der Waals surface area contributed by atoms with Crippen molar-refractivity contribution in [2.24, 2.45) is 0 Å². The molecule has 0 unspecified atom stereocenters. The number of anilines is 2. The molecule has 8 heteroatoms. The molecule has 0 bridgehead atoms. The van der Waals surface area contributed by atoms with Gasteiger partial charge in [-0.3, -0.25) is 4.79 Å². The summed E-state index contributed by atoms with van der Waals surface area (Å²) in [5.41, 5.74) is 3.54. The lowest BCUT2D eigenvalue weighted by atomic mass is 10.1. The second-order valence-corrected chi connectivity index (χ2v) is 9.96. The molecule has 3 aromatic rings. The smallest absolute Gasteiger partial charge is 0.224 e. The van der Waals surface area contributed by atoms with E-state index in [0.29, 0.717) is 13.0 Å². The highest BCUT2D eigenvalue weighted by molar-refractivity contribution is 7.09. The Bertz CT molecular complexity index is 1110. The zero-order valence-electron chi connectivity index (χ0n) is 21.1. The molecule has 0 spiro atoms. The number of aromatic nitrogens is 2. The van der Waals surface area contributed by atoms with Crippen molar-refractivity contribution in [3.63, 3.8) is 0 Å². The van der Waals surface area contributed by atoms with Gasteiger partial charge < -0.3 is 19.4 Å². The fourth-order valence-electron chi connectivity index (χ4n) is 4.36. The molecule has 0 saturated carbocycles. The largest absolute Gasteiger partial charge is 0.495 e. The first-order valence-electron chi connectivity index (χ1n) is 12.2. The van der Waals surface area contributed by atoms with Crippen molar-refractivity contribution < 1.29 is 9.53 Å². The Morgan fingerprint density at radius 3 is 2.49 bits per heavy atom. The van der Waals surface area contributed by atoms with Crippen LogP contribution in [0.15, 0.2) is 48.5 Å². The van der Waals surface area contributed by atoms with E-state index in [1.54, 1.807) is 7.11 Å². The molecule has 1 saturated heterocycles. The Kier molecular flexibility index (Phi) is 8.23. The molecule has 1 amide bonds. The fraction of sp³-hybridized carbons (Fsp3) is 0.444. The molecule has 186 valence electrons. The van der Waals surface area contributed by atoms with Gasteiger partial charge in [0.25, 0.3) is 0 Å². The number of rotatable bonds is 9. The van der Waals surface area contributed by atoms with E-state index in [1.165, 1.54) is 22.7 Å². The number of nitrogens with zero attached hydrogens (tertiary/aromatic N) is 5. The van der Waals surface area contributed by atoms with Gasteiger partial charge in [0.2, 0.25) is 11.0 Å². The van der Waals surface area contributed by atoms with Crippen LogP contribution in [0.1, 0.15) is 37.2 Å². The Morgan fingerprint density at radius 1 is 1.09 bits per heavy atom. The van der Waals surface area contributed by atoms with E-state index in [1.807, 2.05) is 23.1 Å². The fourth-order valence-corrected chi connectivity index (χ4v) is 5.20. The lowest BCUT2D eigenvalue weighted by Crippen LogP contribution is -2.49. The van der Waals surface area contributed by atoms with Crippen molar-refractivity contribution >= 4 is 28.3 Å². The quantitative estimate of drug-likeness (QED) is 0.440. The molecule has 1 fully saturated rings. The number of amides is 1. The van der Waals surface area contributed by atoms with Crippen LogP contribution in [0.25, 0.3) is 0 Å². The first-order chi connectivity index (χ1) is 16.9. The third-order valence-electron chi connectivity index (χ3n) is 6.43. The maximum absolute atomic E-state index is 13.0. The topological polar surface area (TPSA) is 61.8 Å². The van der Waals surface area contributed by atoms with Gasteiger partial charge in [-0.2, -0.15) is 4.37 Å². The molecule has 1 aliphatic heterocycles. The maximum atomic E-state index is 13.0. The van der Waals surface area contributed by atoms with Crippen molar-refractivity contribution in [3.05, 3.63) is 65.5 Å². The number of piperazine rings is 1.